The van der Waals surface area contributed by atoms with E-state index in [2.05, 4.69) is 10.2 Å². The van der Waals surface area contributed by atoms with Crippen LogP contribution in [0.2, 0.25) is 15.1 Å². The van der Waals surface area contributed by atoms with Gasteiger partial charge in [-0.3, -0.25) is 14.5 Å². The van der Waals surface area contributed by atoms with Gasteiger partial charge >= 0.3 is 0 Å². The molecule has 0 spiro atoms. The first-order chi connectivity index (χ1) is 14.8. The number of likely N-dealkylation sites (tertiary alicyclic amines) is 2. The van der Waals surface area contributed by atoms with Crippen LogP contribution >= 0.6 is 34.8 Å². The van der Waals surface area contributed by atoms with Gasteiger partial charge in [0.2, 0.25) is 5.91 Å². The standard InChI is InChI=1S/C22H21Cl3FN3O2/c23-17-3-1-14(18(24)6-17)8-28-9-15-11-29(12-16(15)10-28)21(30)7-27-22(31)13-2-4-20(26)19(25)5-13/h1-6,15-16H,7-12H2,(H,27,31). The molecular formula is C22H21Cl3FN3O2. The zero-order valence-corrected chi connectivity index (χ0v) is 18.9. The average Bonchev–Trinajstić information content (AvgIpc) is 3.29. The van der Waals surface area contributed by atoms with Crippen molar-refractivity contribution in [2.45, 2.75) is 6.54 Å². The normalized spacial score (nSPS) is 20.7. The Hall–Kier alpha value is -1.86. The van der Waals surface area contributed by atoms with E-state index in [0.29, 0.717) is 35.0 Å². The Balaban J connectivity index is 1.26. The summed E-state index contributed by atoms with van der Waals surface area (Å²) in [6.45, 7) is 3.80. The van der Waals surface area contributed by atoms with Crippen molar-refractivity contribution < 1.29 is 14.0 Å². The van der Waals surface area contributed by atoms with Crippen molar-refractivity contribution in [3.63, 3.8) is 0 Å². The molecule has 2 amide bonds. The largest absolute Gasteiger partial charge is 0.343 e. The number of rotatable bonds is 5. The molecule has 0 aromatic heterocycles. The molecule has 2 fully saturated rings. The molecule has 2 atom stereocenters. The van der Waals surface area contributed by atoms with E-state index in [1.165, 1.54) is 12.1 Å². The topological polar surface area (TPSA) is 52.7 Å². The molecule has 2 unspecified atom stereocenters. The molecule has 2 aromatic rings. The summed E-state index contributed by atoms with van der Waals surface area (Å²) < 4.78 is 13.2. The minimum Gasteiger partial charge on any atom is -0.343 e. The predicted molar refractivity (Wildman–Crippen MR) is 119 cm³/mol. The molecule has 5 nitrogen and oxygen atoms in total. The van der Waals surface area contributed by atoms with E-state index in [9.17, 15) is 14.0 Å². The van der Waals surface area contributed by atoms with Crippen LogP contribution < -0.4 is 5.32 Å². The van der Waals surface area contributed by atoms with Gasteiger partial charge in [0, 0.05) is 48.3 Å². The molecule has 0 aliphatic carbocycles. The molecule has 4 rings (SSSR count). The van der Waals surface area contributed by atoms with Gasteiger partial charge in [-0.15, -0.1) is 0 Å². The van der Waals surface area contributed by atoms with Gasteiger partial charge in [-0.1, -0.05) is 40.9 Å². The number of carbonyl (C=O) groups excluding carboxylic acids is 2. The van der Waals surface area contributed by atoms with Crippen LogP contribution in [0.15, 0.2) is 36.4 Å². The summed E-state index contributed by atoms with van der Waals surface area (Å²) in [6.07, 6.45) is 0. The maximum Gasteiger partial charge on any atom is 0.251 e. The number of hydrogen-bond acceptors (Lipinski definition) is 3. The van der Waals surface area contributed by atoms with E-state index in [4.69, 9.17) is 34.8 Å². The van der Waals surface area contributed by atoms with Crippen molar-refractivity contribution in [1.29, 1.82) is 0 Å². The Bertz CT molecular complexity index is 1010. The lowest BCUT2D eigenvalue weighted by Crippen LogP contribution is -2.40. The second kappa shape index (κ2) is 9.33. The third-order valence-electron chi connectivity index (χ3n) is 5.91. The van der Waals surface area contributed by atoms with Crippen molar-refractivity contribution in [2.24, 2.45) is 11.8 Å². The minimum atomic E-state index is -0.592. The number of carbonyl (C=O) groups is 2. The van der Waals surface area contributed by atoms with Crippen molar-refractivity contribution in [3.05, 3.63) is 68.4 Å². The van der Waals surface area contributed by atoms with E-state index in [1.54, 1.807) is 11.0 Å². The summed E-state index contributed by atoms with van der Waals surface area (Å²) in [5.41, 5.74) is 1.26. The average molecular weight is 485 g/mol. The zero-order chi connectivity index (χ0) is 22.1. The maximum absolute atomic E-state index is 13.2. The summed E-state index contributed by atoms with van der Waals surface area (Å²) >= 11 is 18.0. The second-order valence-electron chi connectivity index (χ2n) is 8.06. The zero-order valence-electron chi connectivity index (χ0n) is 16.6. The van der Waals surface area contributed by atoms with Crippen LogP contribution in [0.5, 0.6) is 0 Å². The van der Waals surface area contributed by atoms with Crippen LogP contribution in [-0.4, -0.2) is 54.3 Å². The minimum absolute atomic E-state index is 0.0998. The van der Waals surface area contributed by atoms with Gasteiger partial charge < -0.3 is 10.2 Å². The van der Waals surface area contributed by atoms with Gasteiger partial charge in [0.1, 0.15) is 5.82 Å². The van der Waals surface area contributed by atoms with Crippen LogP contribution in [0.1, 0.15) is 15.9 Å². The van der Waals surface area contributed by atoms with Crippen molar-refractivity contribution in [1.82, 2.24) is 15.1 Å². The van der Waals surface area contributed by atoms with Crippen LogP contribution in [0.25, 0.3) is 0 Å². The van der Waals surface area contributed by atoms with Gasteiger partial charge in [-0.05, 0) is 47.7 Å². The number of benzene rings is 2. The quantitative estimate of drug-likeness (QED) is 0.695. The van der Waals surface area contributed by atoms with E-state index < -0.39 is 11.7 Å². The van der Waals surface area contributed by atoms with E-state index >= 15 is 0 Å². The molecule has 0 radical (unpaired) electrons. The SMILES string of the molecule is O=C(NCC(=O)N1CC2CN(Cc3ccc(Cl)cc3Cl)CC2C1)c1ccc(F)c(Cl)c1. The third-order valence-corrected chi connectivity index (χ3v) is 6.78. The smallest absolute Gasteiger partial charge is 0.251 e. The number of fused-ring (bicyclic) bond motifs is 1. The highest BCUT2D eigenvalue weighted by Gasteiger charge is 2.41. The van der Waals surface area contributed by atoms with E-state index in [-0.39, 0.29) is 23.0 Å². The first-order valence-electron chi connectivity index (χ1n) is 9.97. The molecule has 2 heterocycles. The molecule has 2 aliphatic rings. The van der Waals surface area contributed by atoms with Gasteiger partial charge in [0.05, 0.1) is 11.6 Å². The Labute approximate surface area is 195 Å². The molecule has 2 aliphatic heterocycles. The first kappa shape index (κ1) is 22.3. The molecule has 2 aromatic carbocycles. The van der Waals surface area contributed by atoms with Gasteiger partial charge in [-0.25, -0.2) is 4.39 Å². The Morgan fingerprint density at radius 3 is 2.32 bits per heavy atom. The Morgan fingerprint density at radius 1 is 0.968 bits per heavy atom. The van der Waals surface area contributed by atoms with Crippen LogP contribution in [0, 0.1) is 17.7 Å². The van der Waals surface area contributed by atoms with Crippen molar-refractivity contribution >= 4 is 46.6 Å². The van der Waals surface area contributed by atoms with Crippen LogP contribution in [0.3, 0.4) is 0 Å². The van der Waals surface area contributed by atoms with E-state index in [0.717, 1.165) is 31.3 Å². The van der Waals surface area contributed by atoms with Crippen molar-refractivity contribution in [2.75, 3.05) is 32.7 Å². The van der Waals surface area contributed by atoms with Gasteiger partial charge in [-0.2, -0.15) is 0 Å². The summed E-state index contributed by atoms with van der Waals surface area (Å²) in [7, 11) is 0. The van der Waals surface area contributed by atoms with Crippen LogP contribution in [0.4, 0.5) is 4.39 Å². The lowest BCUT2D eigenvalue weighted by atomic mass is 10.0. The number of nitrogens with zero attached hydrogens (tertiary/aromatic N) is 2. The molecule has 31 heavy (non-hydrogen) atoms. The van der Waals surface area contributed by atoms with Gasteiger partial charge in [0.15, 0.2) is 0 Å². The fourth-order valence-corrected chi connectivity index (χ4v) is 4.97. The second-order valence-corrected chi connectivity index (χ2v) is 9.31. The molecule has 2 saturated heterocycles. The highest BCUT2D eigenvalue weighted by Crippen LogP contribution is 2.33. The summed E-state index contributed by atoms with van der Waals surface area (Å²) in [5.74, 6) is -0.363. The maximum atomic E-state index is 13.2. The summed E-state index contributed by atoms with van der Waals surface area (Å²) in [5, 5.41) is 3.75. The predicted octanol–water partition coefficient (Wildman–Crippen LogP) is 4.11. The molecule has 1 N–H and O–H groups in total. The molecule has 9 heteroatoms. The van der Waals surface area contributed by atoms with Gasteiger partial charge in [0.25, 0.3) is 5.91 Å². The highest BCUT2D eigenvalue weighted by molar-refractivity contribution is 6.35. The lowest BCUT2D eigenvalue weighted by Gasteiger charge is -2.22. The lowest BCUT2D eigenvalue weighted by molar-refractivity contribution is -0.129. The number of nitrogens with one attached hydrogen (secondary N) is 1. The molecular weight excluding hydrogens is 464 g/mol. The first-order valence-corrected chi connectivity index (χ1v) is 11.1. The number of hydrogen-bond donors (Lipinski definition) is 1. The molecule has 0 bridgehead atoms. The molecule has 164 valence electrons. The summed E-state index contributed by atoms with van der Waals surface area (Å²) in [4.78, 5) is 28.9. The van der Waals surface area contributed by atoms with E-state index in [1.807, 2.05) is 12.1 Å². The van der Waals surface area contributed by atoms with Crippen LogP contribution in [-0.2, 0) is 11.3 Å². The highest BCUT2D eigenvalue weighted by atomic mass is 35.5. The number of amides is 2. The third kappa shape index (κ3) is 5.14. The monoisotopic (exact) mass is 483 g/mol. The van der Waals surface area contributed by atoms with Crippen molar-refractivity contribution in [3.8, 4) is 0 Å². The fraction of sp³-hybridized carbons (Fsp3) is 0.364. The number of halogens is 4. The fourth-order valence-electron chi connectivity index (χ4n) is 4.32. The Morgan fingerprint density at radius 2 is 1.68 bits per heavy atom. The summed E-state index contributed by atoms with van der Waals surface area (Å²) in [6, 6.07) is 9.26. The molecule has 0 saturated carbocycles. The Kier molecular flexibility index (Phi) is 6.72.